The Labute approximate surface area is 120 Å². The van der Waals surface area contributed by atoms with E-state index in [1.54, 1.807) is 0 Å². The van der Waals surface area contributed by atoms with Gasteiger partial charge < -0.3 is 10.8 Å². The molecule has 5 nitrogen and oxygen atoms in total. The van der Waals surface area contributed by atoms with Gasteiger partial charge in [-0.15, -0.1) is 0 Å². The molecule has 0 radical (unpaired) electrons. The predicted molar refractivity (Wildman–Crippen MR) is 78.9 cm³/mol. The maximum Gasteiger partial charge on any atom is 0.240 e. The number of phenolic OH excluding ortho intramolecular Hbond substituents is 1. The molecule has 0 aromatic heterocycles. The topological polar surface area (TPSA) is 92.4 Å². The molecule has 0 heterocycles. The number of phenols is 1. The van der Waals surface area contributed by atoms with E-state index in [1.165, 1.54) is 50.3 Å². The molecule has 112 valence electrons. The average Bonchev–Trinajstić information content (AvgIpc) is 2.43. The summed E-state index contributed by atoms with van der Waals surface area (Å²) in [7, 11) is -3.54. The second-order valence-corrected chi connectivity index (χ2v) is 7.18. The fourth-order valence-corrected chi connectivity index (χ4v) is 3.74. The van der Waals surface area contributed by atoms with Gasteiger partial charge >= 0.3 is 0 Å². The Morgan fingerprint density at radius 2 is 1.95 bits per heavy atom. The Kier molecular flexibility index (Phi) is 4.88. The summed E-state index contributed by atoms with van der Waals surface area (Å²) in [6.45, 7) is 0.452. The Morgan fingerprint density at radius 1 is 1.25 bits per heavy atom. The fourth-order valence-electron chi connectivity index (χ4n) is 2.66. The highest BCUT2D eigenvalue weighted by atomic mass is 32.2. The molecule has 0 spiro atoms. The van der Waals surface area contributed by atoms with Gasteiger partial charge in [-0.25, -0.2) is 13.1 Å². The van der Waals surface area contributed by atoms with Gasteiger partial charge in [0.1, 0.15) is 5.75 Å². The Hall–Kier alpha value is -1.27. The first-order valence-electron chi connectivity index (χ1n) is 7.07. The average molecular weight is 298 g/mol. The summed E-state index contributed by atoms with van der Waals surface area (Å²) in [6.07, 6.45) is 7.10. The van der Waals surface area contributed by atoms with E-state index in [9.17, 15) is 13.5 Å². The summed E-state index contributed by atoms with van der Waals surface area (Å²) >= 11 is 0. The number of anilines is 1. The third-order valence-electron chi connectivity index (χ3n) is 3.88. The van der Waals surface area contributed by atoms with Crippen LogP contribution in [0.25, 0.3) is 0 Å². The van der Waals surface area contributed by atoms with Crippen molar-refractivity contribution in [2.24, 2.45) is 5.92 Å². The van der Waals surface area contributed by atoms with Gasteiger partial charge in [0.25, 0.3) is 0 Å². The zero-order chi connectivity index (χ0) is 14.6. The van der Waals surface area contributed by atoms with Crippen LogP contribution in [-0.4, -0.2) is 20.1 Å². The number of nitrogens with two attached hydrogens (primary N) is 1. The van der Waals surface area contributed by atoms with Crippen molar-refractivity contribution in [3.8, 4) is 5.75 Å². The molecule has 20 heavy (non-hydrogen) atoms. The number of sulfonamides is 1. The second-order valence-electron chi connectivity index (χ2n) is 5.41. The molecule has 2 rings (SSSR count). The van der Waals surface area contributed by atoms with Crippen LogP contribution in [0.2, 0.25) is 0 Å². The third kappa shape index (κ3) is 3.86. The number of nitrogen functional groups attached to an aromatic ring is 1. The quantitative estimate of drug-likeness (QED) is 0.574. The van der Waals surface area contributed by atoms with Gasteiger partial charge in [-0.2, -0.15) is 0 Å². The summed E-state index contributed by atoms with van der Waals surface area (Å²) in [5, 5.41) is 9.32. The van der Waals surface area contributed by atoms with Crippen molar-refractivity contribution in [3.63, 3.8) is 0 Å². The number of aromatic hydroxyl groups is 1. The van der Waals surface area contributed by atoms with Gasteiger partial charge in [0.2, 0.25) is 10.0 Å². The van der Waals surface area contributed by atoms with E-state index in [-0.39, 0.29) is 16.3 Å². The molecule has 1 aromatic rings. The minimum Gasteiger partial charge on any atom is -0.506 e. The first-order chi connectivity index (χ1) is 9.49. The van der Waals surface area contributed by atoms with Gasteiger partial charge in [-0.3, -0.25) is 0 Å². The van der Waals surface area contributed by atoms with Crippen LogP contribution in [0.1, 0.15) is 38.5 Å². The molecule has 4 N–H and O–H groups in total. The summed E-state index contributed by atoms with van der Waals surface area (Å²) in [5.41, 5.74) is 5.59. The maximum atomic E-state index is 12.1. The van der Waals surface area contributed by atoms with E-state index in [0.29, 0.717) is 12.5 Å². The van der Waals surface area contributed by atoms with E-state index in [1.807, 2.05) is 0 Å². The minimum absolute atomic E-state index is 0.0696. The Bertz CT molecular complexity index is 552. The fraction of sp³-hybridized carbons (Fsp3) is 0.571. The van der Waals surface area contributed by atoms with Crippen LogP contribution in [0.5, 0.6) is 5.75 Å². The lowest BCUT2D eigenvalue weighted by Gasteiger charge is -2.21. The molecule has 0 saturated heterocycles. The number of rotatable bonds is 5. The van der Waals surface area contributed by atoms with Crippen molar-refractivity contribution in [1.29, 1.82) is 0 Å². The summed E-state index contributed by atoms with van der Waals surface area (Å²) in [4.78, 5) is 0.0939. The van der Waals surface area contributed by atoms with Crippen molar-refractivity contribution >= 4 is 15.7 Å². The van der Waals surface area contributed by atoms with Crippen molar-refractivity contribution < 1.29 is 13.5 Å². The molecule has 1 aliphatic carbocycles. The molecule has 6 heteroatoms. The van der Waals surface area contributed by atoms with Crippen LogP contribution < -0.4 is 10.5 Å². The highest BCUT2D eigenvalue weighted by Crippen LogP contribution is 2.26. The predicted octanol–water partition coefficient (Wildman–Crippen LogP) is 2.22. The van der Waals surface area contributed by atoms with Crippen molar-refractivity contribution in [2.45, 2.75) is 43.4 Å². The molecule has 1 fully saturated rings. The largest absolute Gasteiger partial charge is 0.506 e. The molecular weight excluding hydrogens is 276 g/mol. The van der Waals surface area contributed by atoms with Crippen molar-refractivity contribution in [1.82, 2.24) is 4.72 Å². The van der Waals surface area contributed by atoms with E-state index >= 15 is 0 Å². The molecule has 0 unspecified atom stereocenters. The van der Waals surface area contributed by atoms with E-state index in [2.05, 4.69) is 4.72 Å². The lowest BCUT2D eigenvalue weighted by atomic mass is 9.87. The lowest BCUT2D eigenvalue weighted by molar-refractivity contribution is 0.339. The molecule has 0 amide bonds. The number of hydrogen-bond donors (Lipinski definition) is 3. The summed E-state index contributed by atoms with van der Waals surface area (Å²) in [6, 6.07) is 3.93. The van der Waals surface area contributed by atoms with Gasteiger partial charge in [-0.1, -0.05) is 32.1 Å². The van der Waals surface area contributed by atoms with Gasteiger partial charge in [0.15, 0.2) is 0 Å². The zero-order valence-electron chi connectivity index (χ0n) is 11.5. The highest BCUT2D eigenvalue weighted by Gasteiger charge is 2.17. The molecular formula is C14H22N2O3S. The van der Waals surface area contributed by atoms with Crippen LogP contribution >= 0.6 is 0 Å². The smallest absolute Gasteiger partial charge is 0.240 e. The van der Waals surface area contributed by atoms with Crippen LogP contribution in [0.4, 0.5) is 5.69 Å². The van der Waals surface area contributed by atoms with Crippen molar-refractivity contribution in [3.05, 3.63) is 18.2 Å². The molecule has 0 aliphatic heterocycles. The van der Waals surface area contributed by atoms with Gasteiger partial charge in [0, 0.05) is 6.54 Å². The third-order valence-corrected chi connectivity index (χ3v) is 5.34. The minimum atomic E-state index is -3.54. The lowest BCUT2D eigenvalue weighted by Crippen LogP contribution is -2.26. The monoisotopic (exact) mass is 298 g/mol. The first-order valence-corrected chi connectivity index (χ1v) is 8.55. The van der Waals surface area contributed by atoms with E-state index < -0.39 is 10.0 Å². The van der Waals surface area contributed by atoms with Crippen LogP contribution in [0.3, 0.4) is 0 Å². The van der Waals surface area contributed by atoms with Crippen LogP contribution in [-0.2, 0) is 10.0 Å². The van der Waals surface area contributed by atoms with Crippen LogP contribution in [0.15, 0.2) is 23.1 Å². The van der Waals surface area contributed by atoms with E-state index in [4.69, 9.17) is 5.73 Å². The molecule has 0 atom stereocenters. The van der Waals surface area contributed by atoms with E-state index in [0.717, 1.165) is 6.42 Å². The van der Waals surface area contributed by atoms with Gasteiger partial charge in [0.05, 0.1) is 10.6 Å². The Balaban J connectivity index is 1.91. The summed E-state index contributed by atoms with van der Waals surface area (Å²) in [5.74, 6) is 0.530. The molecule has 1 aliphatic rings. The number of hydrogen-bond acceptors (Lipinski definition) is 4. The Morgan fingerprint density at radius 3 is 2.60 bits per heavy atom. The first kappa shape index (κ1) is 15.1. The SMILES string of the molecule is Nc1cc(S(=O)(=O)NCCC2CCCCC2)ccc1O. The number of benzene rings is 1. The van der Waals surface area contributed by atoms with Gasteiger partial charge in [-0.05, 0) is 30.5 Å². The summed E-state index contributed by atoms with van der Waals surface area (Å²) < 4.78 is 26.8. The molecule has 0 bridgehead atoms. The standard InChI is InChI=1S/C14H22N2O3S/c15-13-10-12(6-7-14(13)17)20(18,19)16-9-8-11-4-2-1-3-5-11/h6-7,10-11,16-17H,1-5,8-9,15H2. The molecule has 1 aromatic carbocycles. The molecule has 1 saturated carbocycles. The number of nitrogens with one attached hydrogen (secondary N) is 1. The van der Waals surface area contributed by atoms with Crippen molar-refractivity contribution in [2.75, 3.05) is 12.3 Å². The van der Waals surface area contributed by atoms with Crippen LogP contribution in [0, 0.1) is 5.92 Å². The highest BCUT2D eigenvalue weighted by molar-refractivity contribution is 7.89. The zero-order valence-corrected chi connectivity index (χ0v) is 12.3. The maximum absolute atomic E-state index is 12.1. The normalized spacial score (nSPS) is 17.2. The second kappa shape index (κ2) is 6.45.